The van der Waals surface area contributed by atoms with Gasteiger partial charge in [0, 0.05) is 37.8 Å². The molecule has 0 aromatic heterocycles. The summed E-state index contributed by atoms with van der Waals surface area (Å²) in [4.78, 5) is 17.2. The first kappa shape index (κ1) is 15.9. The average molecular weight is 331 g/mol. The van der Waals surface area contributed by atoms with Crippen LogP contribution in [0.15, 0.2) is 24.3 Å². The van der Waals surface area contributed by atoms with Crippen molar-refractivity contribution in [3.8, 4) is 0 Å². The maximum atomic E-state index is 13.1. The highest BCUT2D eigenvalue weighted by atomic mass is 19.1. The maximum Gasteiger partial charge on any atom is 0.318 e. The molecule has 2 aliphatic carbocycles. The summed E-state index contributed by atoms with van der Waals surface area (Å²) in [6.07, 6.45) is 6.96. The summed E-state index contributed by atoms with van der Waals surface area (Å²) in [5.74, 6) is -0.233. The molecule has 2 saturated carbocycles. The lowest BCUT2D eigenvalue weighted by Crippen LogP contribution is -2.50. The van der Waals surface area contributed by atoms with Crippen LogP contribution in [0.25, 0.3) is 0 Å². The lowest BCUT2D eigenvalue weighted by atomic mass is 10.1. The van der Waals surface area contributed by atoms with E-state index in [0.29, 0.717) is 18.6 Å². The van der Waals surface area contributed by atoms with Gasteiger partial charge in [0.1, 0.15) is 5.82 Å². The highest BCUT2D eigenvalue weighted by molar-refractivity contribution is 5.75. The molecule has 130 valence electrons. The first-order valence-corrected chi connectivity index (χ1v) is 9.24. The number of piperidine rings is 1. The van der Waals surface area contributed by atoms with Crippen molar-refractivity contribution < 1.29 is 9.18 Å². The second kappa shape index (κ2) is 6.71. The number of hydrogen-bond acceptors (Lipinski definition) is 2. The Morgan fingerprint density at radius 2 is 1.75 bits per heavy atom. The number of nitrogens with zero attached hydrogens (tertiary/aromatic N) is 2. The minimum absolute atomic E-state index is 0.0479. The number of hydrogen-bond donors (Lipinski definition) is 1. The molecule has 4 rings (SSSR count). The molecule has 1 heterocycles. The van der Waals surface area contributed by atoms with Crippen LogP contribution < -0.4 is 5.32 Å². The first-order chi connectivity index (χ1) is 11.7. The number of urea groups is 1. The fraction of sp³-hybridized carbons (Fsp3) is 0.632. The molecule has 3 aliphatic rings. The van der Waals surface area contributed by atoms with E-state index in [1.807, 2.05) is 4.90 Å². The number of amides is 2. The minimum atomic E-state index is -0.233. The van der Waals surface area contributed by atoms with Crippen LogP contribution in [0.5, 0.6) is 0 Å². The second-order valence-corrected chi connectivity index (χ2v) is 7.48. The summed E-state index contributed by atoms with van der Waals surface area (Å²) >= 11 is 0. The molecule has 2 amide bonds. The van der Waals surface area contributed by atoms with Crippen molar-refractivity contribution in [1.82, 2.24) is 15.1 Å². The molecule has 1 saturated heterocycles. The van der Waals surface area contributed by atoms with Gasteiger partial charge in [-0.05, 0) is 56.2 Å². The summed E-state index contributed by atoms with van der Waals surface area (Å²) < 4.78 is 13.1. The van der Waals surface area contributed by atoms with Gasteiger partial charge in [-0.1, -0.05) is 12.1 Å². The van der Waals surface area contributed by atoms with Crippen molar-refractivity contribution in [1.29, 1.82) is 0 Å². The summed E-state index contributed by atoms with van der Waals surface area (Å²) in [6, 6.07) is 7.98. The van der Waals surface area contributed by atoms with E-state index in [1.165, 1.54) is 25.0 Å². The highest BCUT2D eigenvalue weighted by Gasteiger charge is 2.35. The zero-order chi connectivity index (χ0) is 16.5. The van der Waals surface area contributed by atoms with Crippen LogP contribution in [0.1, 0.15) is 44.1 Å². The lowest BCUT2D eigenvalue weighted by molar-refractivity contribution is 0.165. The van der Waals surface area contributed by atoms with E-state index in [4.69, 9.17) is 0 Å². The molecule has 1 aliphatic heterocycles. The third kappa shape index (κ3) is 3.89. The number of nitrogens with one attached hydrogen (secondary N) is 1. The Morgan fingerprint density at radius 3 is 2.33 bits per heavy atom. The Morgan fingerprint density at radius 1 is 1.08 bits per heavy atom. The predicted octanol–water partition coefficient (Wildman–Crippen LogP) is 3.13. The molecular formula is C19H26FN3O. The molecule has 4 nitrogen and oxygen atoms in total. The van der Waals surface area contributed by atoms with Crippen LogP contribution in [0.2, 0.25) is 0 Å². The summed E-state index contributed by atoms with van der Waals surface area (Å²) in [7, 11) is 0. The van der Waals surface area contributed by atoms with Crippen LogP contribution in [0.4, 0.5) is 9.18 Å². The van der Waals surface area contributed by atoms with Crippen LogP contribution in [-0.4, -0.2) is 47.0 Å². The monoisotopic (exact) mass is 331 g/mol. The Labute approximate surface area is 143 Å². The second-order valence-electron chi connectivity index (χ2n) is 7.48. The van der Waals surface area contributed by atoms with Crippen LogP contribution in [0.3, 0.4) is 0 Å². The summed E-state index contributed by atoms with van der Waals surface area (Å²) in [6.45, 7) is 2.78. The molecule has 0 radical (unpaired) electrons. The standard InChI is InChI=1S/C19H26FN3O/c20-15-3-1-14(2-4-15)13-23(18-7-8-18)19(24)21-16-9-11-22(12-10-16)17-5-6-17/h1-4,16-18H,5-13H2,(H,21,24). The fourth-order valence-corrected chi connectivity index (χ4v) is 3.65. The van der Waals surface area contributed by atoms with Crippen molar-refractivity contribution >= 4 is 6.03 Å². The predicted molar refractivity (Wildman–Crippen MR) is 91.1 cm³/mol. The van der Waals surface area contributed by atoms with Crippen LogP contribution >= 0.6 is 0 Å². The van der Waals surface area contributed by atoms with Crippen LogP contribution in [0, 0.1) is 5.82 Å². The largest absolute Gasteiger partial charge is 0.335 e. The Balaban J connectivity index is 1.31. The third-order valence-electron chi connectivity index (χ3n) is 5.44. The van der Waals surface area contributed by atoms with Crippen molar-refractivity contribution in [3.05, 3.63) is 35.6 Å². The van der Waals surface area contributed by atoms with Crippen molar-refractivity contribution in [2.45, 2.75) is 63.2 Å². The van der Waals surface area contributed by atoms with Gasteiger partial charge in [0.25, 0.3) is 0 Å². The highest BCUT2D eigenvalue weighted by Crippen LogP contribution is 2.30. The van der Waals surface area contributed by atoms with Crippen molar-refractivity contribution in [2.75, 3.05) is 13.1 Å². The minimum Gasteiger partial charge on any atom is -0.335 e. The molecule has 1 aromatic rings. The molecule has 0 bridgehead atoms. The van der Waals surface area contributed by atoms with Gasteiger partial charge >= 0.3 is 6.03 Å². The SMILES string of the molecule is O=C(NC1CCN(C2CC2)CC1)N(Cc1ccc(F)cc1)C1CC1. The molecule has 24 heavy (non-hydrogen) atoms. The molecule has 3 fully saturated rings. The molecular weight excluding hydrogens is 305 g/mol. The van der Waals surface area contributed by atoms with Gasteiger partial charge in [-0.15, -0.1) is 0 Å². The normalized spacial score (nSPS) is 22.4. The molecule has 0 unspecified atom stereocenters. The topological polar surface area (TPSA) is 35.6 Å². The Hall–Kier alpha value is -1.62. The van der Waals surface area contributed by atoms with Crippen LogP contribution in [-0.2, 0) is 6.54 Å². The molecule has 0 atom stereocenters. The van der Waals surface area contributed by atoms with Gasteiger partial charge in [-0.25, -0.2) is 9.18 Å². The van der Waals surface area contributed by atoms with Gasteiger partial charge in [0.15, 0.2) is 0 Å². The molecule has 1 N–H and O–H groups in total. The first-order valence-electron chi connectivity index (χ1n) is 9.24. The van der Waals surface area contributed by atoms with E-state index < -0.39 is 0 Å². The number of benzene rings is 1. The number of carbonyl (C=O) groups is 1. The number of carbonyl (C=O) groups excluding carboxylic acids is 1. The summed E-state index contributed by atoms with van der Waals surface area (Å²) in [5, 5.41) is 3.24. The van der Waals surface area contributed by atoms with E-state index in [0.717, 1.165) is 50.4 Å². The molecule has 1 aromatic carbocycles. The van der Waals surface area contributed by atoms with E-state index >= 15 is 0 Å². The summed E-state index contributed by atoms with van der Waals surface area (Å²) in [5.41, 5.74) is 0.988. The van der Waals surface area contributed by atoms with Crippen molar-refractivity contribution in [2.24, 2.45) is 0 Å². The Kier molecular flexibility index (Phi) is 4.44. The maximum absolute atomic E-state index is 13.1. The van der Waals surface area contributed by atoms with Gasteiger partial charge < -0.3 is 15.1 Å². The van der Waals surface area contributed by atoms with E-state index in [9.17, 15) is 9.18 Å². The Bertz CT molecular complexity index is 575. The number of rotatable bonds is 5. The fourth-order valence-electron chi connectivity index (χ4n) is 3.65. The van der Waals surface area contributed by atoms with E-state index in [2.05, 4.69) is 10.2 Å². The number of halogens is 1. The molecule has 0 spiro atoms. The average Bonchev–Trinajstić information content (AvgIpc) is 3.48. The number of likely N-dealkylation sites (tertiary alicyclic amines) is 1. The zero-order valence-electron chi connectivity index (χ0n) is 14.1. The van der Waals surface area contributed by atoms with Gasteiger partial charge in [0.05, 0.1) is 0 Å². The van der Waals surface area contributed by atoms with E-state index in [1.54, 1.807) is 12.1 Å². The zero-order valence-corrected chi connectivity index (χ0v) is 14.1. The van der Waals surface area contributed by atoms with Gasteiger partial charge in [0.2, 0.25) is 0 Å². The molecule has 5 heteroatoms. The smallest absolute Gasteiger partial charge is 0.318 e. The van der Waals surface area contributed by atoms with Gasteiger partial charge in [-0.2, -0.15) is 0 Å². The van der Waals surface area contributed by atoms with Crippen molar-refractivity contribution in [3.63, 3.8) is 0 Å². The quantitative estimate of drug-likeness (QED) is 0.900. The van der Waals surface area contributed by atoms with Gasteiger partial charge in [-0.3, -0.25) is 0 Å². The third-order valence-corrected chi connectivity index (χ3v) is 5.44. The van der Waals surface area contributed by atoms with E-state index in [-0.39, 0.29) is 11.8 Å². The lowest BCUT2D eigenvalue weighted by Gasteiger charge is -2.34.